The minimum atomic E-state index is -3.91. The van der Waals surface area contributed by atoms with E-state index in [0.717, 1.165) is 11.3 Å². The second kappa shape index (κ2) is 8.44. The van der Waals surface area contributed by atoms with E-state index in [4.69, 9.17) is 5.14 Å². The molecule has 3 atom stereocenters. The van der Waals surface area contributed by atoms with Crippen LogP contribution in [0.2, 0.25) is 0 Å². The molecule has 0 aliphatic carbocycles. The van der Waals surface area contributed by atoms with Crippen molar-refractivity contribution in [2.75, 3.05) is 22.9 Å². The van der Waals surface area contributed by atoms with Crippen molar-refractivity contribution in [3.05, 3.63) is 89.5 Å². The van der Waals surface area contributed by atoms with Gasteiger partial charge in [-0.15, -0.1) is 0 Å². The van der Waals surface area contributed by atoms with Crippen LogP contribution in [-0.4, -0.2) is 38.7 Å². The molecule has 0 aromatic heterocycles. The van der Waals surface area contributed by atoms with Crippen LogP contribution in [0.4, 0.5) is 15.8 Å². The van der Waals surface area contributed by atoms with Crippen molar-refractivity contribution < 1.29 is 22.7 Å². The van der Waals surface area contributed by atoms with E-state index in [1.54, 1.807) is 24.3 Å². The van der Waals surface area contributed by atoms with Gasteiger partial charge in [0, 0.05) is 30.3 Å². The minimum Gasteiger partial charge on any atom is -0.372 e. The predicted octanol–water partition coefficient (Wildman–Crippen LogP) is 2.91. The van der Waals surface area contributed by atoms with Crippen LogP contribution in [0.15, 0.2) is 77.7 Å². The first-order valence-corrected chi connectivity index (χ1v) is 12.9. The van der Waals surface area contributed by atoms with Crippen molar-refractivity contribution in [1.82, 2.24) is 0 Å². The van der Waals surface area contributed by atoms with E-state index in [2.05, 4.69) is 0 Å². The number of rotatable bonds is 5. The summed E-state index contributed by atoms with van der Waals surface area (Å²) in [6, 6.07) is 20.0. The number of halogens is 1. The molecule has 0 radical (unpaired) electrons. The van der Waals surface area contributed by atoms with Crippen molar-refractivity contribution in [3.8, 4) is 0 Å². The fraction of sp³-hybridized carbons (Fsp3) is 0.269. The smallest absolute Gasteiger partial charge is 0.268 e. The summed E-state index contributed by atoms with van der Waals surface area (Å²) >= 11 is 0. The summed E-state index contributed by atoms with van der Waals surface area (Å²) in [7, 11) is -3.91. The molecule has 0 spiro atoms. The zero-order chi connectivity index (χ0) is 25.0. The van der Waals surface area contributed by atoms with Crippen LogP contribution in [0.5, 0.6) is 0 Å². The number of para-hydroxylation sites is 1. The Morgan fingerprint density at radius 2 is 1.69 bits per heavy atom. The van der Waals surface area contributed by atoms with E-state index in [9.17, 15) is 22.7 Å². The van der Waals surface area contributed by atoms with E-state index in [1.807, 2.05) is 36.1 Å². The lowest BCUT2D eigenvalue weighted by molar-refractivity contribution is -0.132. The van der Waals surface area contributed by atoms with E-state index in [1.165, 1.54) is 29.2 Å². The SMILES string of the molecule is C[C@@H]1CN(c2ccc(CN3C(=O)C(O)(c4ccc(S(N)(=O)=O)cc4)c4ccccc43)cc2)C[C@@H]1F. The summed E-state index contributed by atoms with van der Waals surface area (Å²) in [6.07, 6.45) is -0.842. The average molecular weight is 496 g/mol. The number of aliphatic hydroxyl groups is 1. The number of nitrogens with zero attached hydrogens (tertiary/aromatic N) is 2. The Kier molecular flexibility index (Phi) is 5.66. The number of primary sulfonamides is 1. The maximum Gasteiger partial charge on any atom is 0.268 e. The highest BCUT2D eigenvalue weighted by atomic mass is 32.2. The number of nitrogens with two attached hydrogens (primary N) is 1. The number of amides is 1. The van der Waals surface area contributed by atoms with Crippen LogP contribution in [0.25, 0.3) is 0 Å². The Morgan fingerprint density at radius 3 is 2.29 bits per heavy atom. The van der Waals surface area contributed by atoms with Crippen LogP contribution in [0.3, 0.4) is 0 Å². The minimum absolute atomic E-state index is 0.00916. The fourth-order valence-electron chi connectivity index (χ4n) is 4.89. The van der Waals surface area contributed by atoms with Gasteiger partial charge in [-0.2, -0.15) is 0 Å². The Labute approximate surface area is 203 Å². The summed E-state index contributed by atoms with van der Waals surface area (Å²) in [5.41, 5.74) is 1.08. The molecule has 1 amide bonds. The number of benzene rings is 3. The van der Waals surface area contributed by atoms with Gasteiger partial charge in [0.05, 0.1) is 17.1 Å². The molecule has 2 heterocycles. The third-order valence-corrected chi connectivity index (χ3v) is 7.83. The zero-order valence-electron chi connectivity index (χ0n) is 19.1. The molecule has 1 saturated heterocycles. The lowest BCUT2D eigenvalue weighted by Gasteiger charge is -2.24. The number of hydrogen-bond donors (Lipinski definition) is 2. The maximum absolute atomic E-state index is 13.9. The van der Waals surface area contributed by atoms with Gasteiger partial charge in [0.1, 0.15) is 6.17 Å². The quantitative estimate of drug-likeness (QED) is 0.567. The van der Waals surface area contributed by atoms with Crippen molar-refractivity contribution in [1.29, 1.82) is 0 Å². The van der Waals surface area contributed by atoms with Gasteiger partial charge in [-0.05, 0) is 41.5 Å². The largest absolute Gasteiger partial charge is 0.372 e. The highest BCUT2D eigenvalue weighted by molar-refractivity contribution is 7.89. The summed E-state index contributed by atoms with van der Waals surface area (Å²) in [5, 5.41) is 16.8. The Balaban J connectivity index is 1.44. The predicted molar refractivity (Wildman–Crippen MR) is 131 cm³/mol. The lowest BCUT2D eigenvalue weighted by atomic mass is 9.87. The third-order valence-electron chi connectivity index (χ3n) is 6.90. The number of carbonyl (C=O) groups is 1. The van der Waals surface area contributed by atoms with Gasteiger partial charge in [0.2, 0.25) is 10.0 Å². The van der Waals surface area contributed by atoms with E-state index in [-0.39, 0.29) is 22.9 Å². The van der Waals surface area contributed by atoms with Gasteiger partial charge in [0.15, 0.2) is 5.60 Å². The number of sulfonamides is 1. The van der Waals surface area contributed by atoms with Gasteiger partial charge in [0.25, 0.3) is 5.91 Å². The van der Waals surface area contributed by atoms with Gasteiger partial charge >= 0.3 is 0 Å². The highest BCUT2D eigenvalue weighted by Crippen LogP contribution is 2.45. The van der Waals surface area contributed by atoms with Crippen molar-refractivity contribution in [2.24, 2.45) is 11.1 Å². The molecule has 182 valence electrons. The molecule has 0 bridgehead atoms. The molecule has 1 fully saturated rings. The second-order valence-electron chi connectivity index (χ2n) is 9.25. The normalized spacial score (nSPS) is 24.2. The molecule has 35 heavy (non-hydrogen) atoms. The molecule has 9 heteroatoms. The van der Waals surface area contributed by atoms with Crippen molar-refractivity contribution >= 4 is 27.3 Å². The molecular formula is C26H26FN3O4S. The molecule has 2 aliphatic rings. The van der Waals surface area contributed by atoms with E-state index >= 15 is 0 Å². The van der Waals surface area contributed by atoms with Gasteiger partial charge in [-0.1, -0.05) is 49.4 Å². The van der Waals surface area contributed by atoms with Crippen LogP contribution < -0.4 is 14.9 Å². The standard InChI is InChI=1S/C26H26FN3O4S/c1-17-14-29(16-23(17)27)20-10-6-18(7-11-20)15-30-24-5-3-2-4-22(24)26(32,25(30)31)19-8-12-21(13-9-19)35(28,33)34/h2-13,17,23,32H,14-16H2,1H3,(H2,28,33,34)/t17-,23+,26?/m1/s1. The third kappa shape index (κ3) is 3.99. The first kappa shape index (κ1) is 23.5. The number of carbonyl (C=O) groups excluding carboxylic acids is 1. The summed E-state index contributed by atoms with van der Waals surface area (Å²) in [6.45, 7) is 3.17. The van der Waals surface area contributed by atoms with E-state index in [0.29, 0.717) is 24.3 Å². The van der Waals surface area contributed by atoms with Crippen LogP contribution in [0, 0.1) is 5.92 Å². The second-order valence-corrected chi connectivity index (χ2v) is 10.8. The summed E-state index contributed by atoms with van der Waals surface area (Å²) in [4.78, 5) is 17.0. The van der Waals surface area contributed by atoms with Gasteiger partial charge in [-0.3, -0.25) is 4.79 Å². The molecule has 3 N–H and O–H groups in total. The van der Waals surface area contributed by atoms with E-state index < -0.39 is 27.7 Å². The molecule has 7 nitrogen and oxygen atoms in total. The first-order valence-electron chi connectivity index (χ1n) is 11.3. The molecule has 3 aromatic carbocycles. The van der Waals surface area contributed by atoms with Crippen LogP contribution >= 0.6 is 0 Å². The highest BCUT2D eigenvalue weighted by Gasteiger charge is 2.50. The Hall–Kier alpha value is -3.27. The molecule has 5 rings (SSSR count). The monoisotopic (exact) mass is 495 g/mol. The maximum atomic E-state index is 13.9. The zero-order valence-corrected chi connectivity index (χ0v) is 20.0. The molecule has 0 saturated carbocycles. The summed E-state index contributed by atoms with van der Waals surface area (Å²) < 4.78 is 37.2. The molecule has 1 unspecified atom stereocenters. The number of hydrogen-bond acceptors (Lipinski definition) is 5. The topological polar surface area (TPSA) is 104 Å². The van der Waals surface area contributed by atoms with Gasteiger partial charge in [-0.25, -0.2) is 17.9 Å². The average Bonchev–Trinajstić information content (AvgIpc) is 3.29. The summed E-state index contributed by atoms with van der Waals surface area (Å²) in [5.74, 6) is -0.537. The number of anilines is 2. The lowest BCUT2D eigenvalue weighted by Crippen LogP contribution is -2.40. The fourth-order valence-corrected chi connectivity index (χ4v) is 5.40. The number of fused-ring (bicyclic) bond motifs is 1. The van der Waals surface area contributed by atoms with Crippen molar-refractivity contribution in [3.63, 3.8) is 0 Å². The van der Waals surface area contributed by atoms with Gasteiger partial charge < -0.3 is 14.9 Å². The number of alkyl halides is 1. The molecule has 2 aliphatic heterocycles. The molecular weight excluding hydrogens is 469 g/mol. The molecule has 3 aromatic rings. The van der Waals surface area contributed by atoms with Crippen molar-refractivity contribution in [2.45, 2.75) is 30.1 Å². The Bertz CT molecular complexity index is 1370. The Morgan fingerprint density at radius 1 is 1.03 bits per heavy atom. The van der Waals surface area contributed by atoms with Crippen LogP contribution in [-0.2, 0) is 27.0 Å². The van der Waals surface area contributed by atoms with Crippen LogP contribution in [0.1, 0.15) is 23.6 Å². The first-order chi connectivity index (χ1) is 16.6.